The van der Waals surface area contributed by atoms with E-state index in [4.69, 9.17) is 4.52 Å². The lowest BCUT2D eigenvalue weighted by Gasteiger charge is -2.19. The molecular weight excluding hydrogens is 423 g/mol. The van der Waals surface area contributed by atoms with Gasteiger partial charge in [-0.1, -0.05) is 17.3 Å². The molecule has 1 aromatic carbocycles. The van der Waals surface area contributed by atoms with Crippen molar-refractivity contribution < 1.29 is 4.52 Å². The Morgan fingerprint density at radius 3 is 2.83 bits per heavy atom. The van der Waals surface area contributed by atoms with E-state index in [0.717, 1.165) is 54.2 Å². The predicted octanol–water partition coefficient (Wildman–Crippen LogP) is 3.83. The second-order valence-corrected chi connectivity index (χ2v) is 7.21. The number of rotatable bonds is 4. The topological polar surface area (TPSA) is 81.7 Å². The standard InChI is InChI=1S/C21H22N6O.2ClH/c1-13-20(16-7-9-22-11-15(16)12-23-13)21-25-19(28-26-21)8-10-27-14(2)24-17-5-3-4-6-18(17)27;;/h3-6,12,22H,7-11H2,1-2H3;2*1H. The fourth-order valence-corrected chi connectivity index (χ4v) is 4.01. The van der Waals surface area contributed by atoms with Crippen molar-refractivity contribution in [3.05, 3.63) is 59.0 Å². The Bertz CT molecular complexity index is 1170. The number of imidazole rings is 1. The van der Waals surface area contributed by atoms with E-state index in [1.165, 1.54) is 11.1 Å². The van der Waals surface area contributed by atoms with Crippen LogP contribution in [-0.4, -0.2) is 31.2 Å². The molecule has 1 aliphatic heterocycles. The first-order chi connectivity index (χ1) is 13.7. The van der Waals surface area contributed by atoms with E-state index in [1.807, 2.05) is 38.2 Å². The lowest BCUT2D eigenvalue weighted by atomic mass is 9.95. The molecular formula is C21H24Cl2N6O. The van der Waals surface area contributed by atoms with Crippen molar-refractivity contribution in [2.45, 2.75) is 39.8 Å². The van der Waals surface area contributed by atoms with Gasteiger partial charge in [-0.15, -0.1) is 24.8 Å². The van der Waals surface area contributed by atoms with E-state index in [1.54, 1.807) is 0 Å². The average Bonchev–Trinajstić information content (AvgIpc) is 3.30. The van der Waals surface area contributed by atoms with Gasteiger partial charge in [0.05, 0.1) is 11.0 Å². The molecule has 0 spiro atoms. The third-order valence-electron chi connectivity index (χ3n) is 5.42. The molecule has 30 heavy (non-hydrogen) atoms. The number of aromatic nitrogens is 5. The molecule has 4 aromatic rings. The number of benzene rings is 1. The molecule has 0 atom stereocenters. The van der Waals surface area contributed by atoms with Gasteiger partial charge in [-0.05, 0) is 50.1 Å². The van der Waals surface area contributed by atoms with Crippen molar-refractivity contribution in [3.8, 4) is 11.4 Å². The molecule has 0 bridgehead atoms. The summed E-state index contributed by atoms with van der Waals surface area (Å²) in [6.07, 6.45) is 3.57. The van der Waals surface area contributed by atoms with Gasteiger partial charge in [0.15, 0.2) is 0 Å². The van der Waals surface area contributed by atoms with E-state index in [0.29, 0.717) is 18.1 Å². The minimum absolute atomic E-state index is 0. The number of halogens is 2. The van der Waals surface area contributed by atoms with Crippen LogP contribution in [0.15, 0.2) is 35.0 Å². The summed E-state index contributed by atoms with van der Waals surface area (Å²) in [6.45, 7) is 6.59. The third kappa shape index (κ3) is 3.93. The highest BCUT2D eigenvalue weighted by Crippen LogP contribution is 2.28. The summed E-state index contributed by atoms with van der Waals surface area (Å²) in [7, 11) is 0. The van der Waals surface area contributed by atoms with E-state index < -0.39 is 0 Å². The zero-order chi connectivity index (χ0) is 19.1. The molecule has 9 heteroatoms. The summed E-state index contributed by atoms with van der Waals surface area (Å²) in [4.78, 5) is 13.8. The zero-order valence-corrected chi connectivity index (χ0v) is 18.5. The van der Waals surface area contributed by atoms with Crippen LogP contribution in [0.4, 0.5) is 0 Å². The molecule has 0 fully saturated rings. The van der Waals surface area contributed by atoms with E-state index in [9.17, 15) is 0 Å². The molecule has 0 saturated heterocycles. The van der Waals surface area contributed by atoms with Gasteiger partial charge in [-0.3, -0.25) is 4.98 Å². The molecule has 0 saturated carbocycles. The molecule has 158 valence electrons. The number of pyridine rings is 1. The van der Waals surface area contributed by atoms with Gasteiger partial charge in [-0.25, -0.2) is 4.98 Å². The van der Waals surface area contributed by atoms with Crippen LogP contribution in [0, 0.1) is 13.8 Å². The molecule has 0 amide bonds. The highest BCUT2D eigenvalue weighted by Gasteiger charge is 2.21. The predicted molar refractivity (Wildman–Crippen MR) is 120 cm³/mol. The van der Waals surface area contributed by atoms with Crippen LogP contribution < -0.4 is 5.32 Å². The van der Waals surface area contributed by atoms with Gasteiger partial charge in [0.1, 0.15) is 5.82 Å². The number of hydrogen-bond donors (Lipinski definition) is 1. The summed E-state index contributed by atoms with van der Waals surface area (Å²) in [5, 5.41) is 7.66. The van der Waals surface area contributed by atoms with Crippen molar-refractivity contribution in [1.82, 2.24) is 30.0 Å². The van der Waals surface area contributed by atoms with Crippen molar-refractivity contribution in [2.75, 3.05) is 6.54 Å². The van der Waals surface area contributed by atoms with Gasteiger partial charge in [0.25, 0.3) is 0 Å². The fraction of sp³-hybridized carbons (Fsp3) is 0.333. The minimum atomic E-state index is 0. The van der Waals surface area contributed by atoms with Gasteiger partial charge < -0.3 is 14.4 Å². The summed E-state index contributed by atoms with van der Waals surface area (Å²) in [5.74, 6) is 2.27. The van der Waals surface area contributed by atoms with Gasteiger partial charge in [0.2, 0.25) is 11.7 Å². The first-order valence-corrected chi connectivity index (χ1v) is 9.63. The van der Waals surface area contributed by atoms with E-state index >= 15 is 0 Å². The average molecular weight is 447 g/mol. The highest BCUT2D eigenvalue weighted by molar-refractivity contribution is 5.85. The maximum Gasteiger partial charge on any atom is 0.228 e. The monoisotopic (exact) mass is 446 g/mol. The minimum Gasteiger partial charge on any atom is -0.339 e. The number of aryl methyl sites for hydroxylation is 4. The van der Waals surface area contributed by atoms with Crippen LogP contribution in [0.3, 0.4) is 0 Å². The Labute approximate surface area is 187 Å². The number of para-hydroxylation sites is 2. The molecule has 7 nitrogen and oxygen atoms in total. The largest absolute Gasteiger partial charge is 0.339 e. The van der Waals surface area contributed by atoms with Crippen LogP contribution in [0.2, 0.25) is 0 Å². The van der Waals surface area contributed by atoms with Gasteiger partial charge >= 0.3 is 0 Å². The Hall–Kier alpha value is -2.48. The van der Waals surface area contributed by atoms with Crippen molar-refractivity contribution in [2.24, 2.45) is 0 Å². The quantitative estimate of drug-likeness (QED) is 0.512. The molecule has 0 aliphatic carbocycles. The normalized spacial score (nSPS) is 12.9. The summed E-state index contributed by atoms with van der Waals surface area (Å²) < 4.78 is 7.77. The number of fused-ring (bicyclic) bond motifs is 2. The summed E-state index contributed by atoms with van der Waals surface area (Å²) in [5.41, 5.74) is 6.62. The maximum atomic E-state index is 5.58. The van der Waals surface area contributed by atoms with Crippen LogP contribution in [-0.2, 0) is 25.9 Å². The molecule has 1 aliphatic rings. The van der Waals surface area contributed by atoms with E-state index in [2.05, 4.69) is 36.1 Å². The van der Waals surface area contributed by atoms with E-state index in [-0.39, 0.29) is 24.8 Å². The smallest absolute Gasteiger partial charge is 0.228 e. The second-order valence-electron chi connectivity index (χ2n) is 7.21. The fourth-order valence-electron chi connectivity index (χ4n) is 4.01. The zero-order valence-electron chi connectivity index (χ0n) is 16.9. The Morgan fingerprint density at radius 1 is 1.13 bits per heavy atom. The molecule has 0 radical (unpaired) electrons. The lowest BCUT2D eigenvalue weighted by Crippen LogP contribution is -2.24. The second kappa shape index (κ2) is 9.12. The molecule has 5 rings (SSSR count). The summed E-state index contributed by atoms with van der Waals surface area (Å²) >= 11 is 0. The van der Waals surface area contributed by atoms with Crippen molar-refractivity contribution in [1.29, 1.82) is 0 Å². The van der Waals surface area contributed by atoms with Crippen LogP contribution in [0.5, 0.6) is 0 Å². The molecule has 4 heterocycles. The number of nitrogens with zero attached hydrogens (tertiary/aromatic N) is 5. The van der Waals surface area contributed by atoms with Crippen molar-refractivity contribution >= 4 is 35.8 Å². The first kappa shape index (κ1) is 22.2. The maximum absolute atomic E-state index is 5.58. The lowest BCUT2D eigenvalue weighted by molar-refractivity contribution is 0.372. The van der Waals surface area contributed by atoms with Crippen LogP contribution in [0.25, 0.3) is 22.4 Å². The summed E-state index contributed by atoms with van der Waals surface area (Å²) in [6, 6.07) is 8.17. The third-order valence-corrected chi connectivity index (χ3v) is 5.42. The van der Waals surface area contributed by atoms with Gasteiger partial charge in [-0.2, -0.15) is 4.98 Å². The Balaban J connectivity index is 0.00000128. The van der Waals surface area contributed by atoms with Gasteiger partial charge in [0, 0.05) is 37.0 Å². The SMILES string of the molecule is Cc1ncc2c(c1-c1noc(CCn3c(C)nc4ccccc43)n1)CCNC2.Cl.Cl. The molecule has 1 N–H and O–H groups in total. The first-order valence-electron chi connectivity index (χ1n) is 9.63. The van der Waals surface area contributed by atoms with Crippen LogP contribution in [0.1, 0.15) is 28.5 Å². The Kier molecular flexibility index (Phi) is 6.75. The number of nitrogens with one attached hydrogen (secondary N) is 1. The van der Waals surface area contributed by atoms with Crippen LogP contribution >= 0.6 is 24.8 Å². The highest BCUT2D eigenvalue weighted by atomic mass is 35.5. The number of hydrogen-bond acceptors (Lipinski definition) is 6. The Morgan fingerprint density at radius 2 is 1.97 bits per heavy atom. The van der Waals surface area contributed by atoms with Crippen molar-refractivity contribution in [3.63, 3.8) is 0 Å². The molecule has 0 unspecified atom stereocenters. The molecule has 3 aromatic heterocycles.